The summed E-state index contributed by atoms with van der Waals surface area (Å²) in [5.74, 6) is -0.911. The number of nitrogens with one attached hydrogen (secondary N) is 1. The molecular formula is C12H10F3NO2S2. The number of aryl methyl sites for hydroxylation is 1. The molecule has 0 bridgehead atoms. The molecular weight excluding hydrogens is 311 g/mol. The summed E-state index contributed by atoms with van der Waals surface area (Å²) in [6, 6.07) is 3.92. The Kier molecular flexibility index (Phi) is 4.05. The third-order valence-electron chi connectivity index (χ3n) is 2.46. The van der Waals surface area contributed by atoms with Gasteiger partial charge in [-0.2, -0.15) is 0 Å². The van der Waals surface area contributed by atoms with Gasteiger partial charge < -0.3 is 0 Å². The van der Waals surface area contributed by atoms with Crippen LogP contribution in [-0.2, 0) is 10.0 Å². The van der Waals surface area contributed by atoms with Crippen molar-refractivity contribution in [2.45, 2.75) is 17.6 Å². The zero-order valence-electron chi connectivity index (χ0n) is 10.2. The lowest BCUT2D eigenvalue weighted by Crippen LogP contribution is -2.13. The second kappa shape index (κ2) is 5.45. The van der Waals surface area contributed by atoms with Crippen molar-refractivity contribution < 1.29 is 21.6 Å². The van der Waals surface area contributed by atoms with Gasteiger partial charge in [0.15, 0.2) is 0 Å². The van der Waals surface area contributed by atoms with Crippen LogP contribution in [0.25, 0.3) is 0 Å². The van der Waals surface area contributed by atoms with Crippen LogP contribution in [0.15, 0.2) is 33.9 Å². The van der Waals surface area contributed by atoms with Gasteiger partial charge in [-0.15, -0.1) is 11.3 Å². The molecule has 1 aromatic carbocycles. The molecule has 0 saturated heterocycles. The monoisotopic (exact) mass is 321 g/mol. The molecule has 0 amide bonds. The molecule has 20 heavy (non-hydrogen) atoms. The van der Waals surface area contributed by atoms with Crippen LogP contribution in [0.4, 0.5) is 18.9 Å². The average Bonchev–Trinajstić information content (AvgIpc) is 2.79. The zero-order valence-corrected chi connectivity index (χ0v) is 11.9. The molecule has 0 fully saturated rings. The van der Waals surface area contributed by atoms with E-state index in [4.69, 9.17) is 0 Å². The third kappa shape index (κ3) is 3.13. The van der Waals surface area contributed by atoms with Crippen molar-refractivity contribution in [1.82, 2.24) is 0 Å². The molecule has 0 aliphatic carbocycles. The number of thiophene rings is 1. The molecule has 0 aliphatic rings. The molecule has 3 nitrogen and oxygen atoms in total. The molecule has 1 aromatic heterocycles. The van der Waals surface area contributed by atoms with E-state index in [1.165, 1.54) is 6.07 Å². The van der Waals surface area contributed by atoms with Gasteiger partial charge in [0.2, 0.25) is 0 Å². The molecule has 1 N–H and O–H groups in total. The Labute approximate surface area is 118 Å². The van der Waals surface area contributed by atoms with E-state index >= 15 is 0 Å². The number of sulfonamides is 1. The van der Waals surface area contributed by atoms with Crippen molar-refractivity contribution in [3.8, 4) is 0 Å². The van der Waals surface area contributed by atoms with Gasteiger partial charge in [0.25, 0.3) is 16.4 Å². The van der Waals surface area contributed by atoms with Crippen LogP contribution in [0, 0.1) is 12.7 Å². The van der Waals surface area contributed by atoms with Gasteiger partial charge in [-0.25, -0.2) is 21.6 Å². The lowest BCUT2D eigenvalue weighted by Gasteiger charge is -2.09. The maximum absolute atomic E-state index is 13.5. The normalized spacial score (nSPS) is 11.8. The van der Waals surface area contributed by atoms with E-state index in [0.717, 1.165) is 35.1 Å². The number of anilines is 1. The second-order valence-corrected chi connectivity index (χ2v) is 6.91. The predicted octanol–water partition coefficient (Wildman–Crippen LogP) is 3.93. The van der Waals surface area contributed by atoms with Crippen LogP contribution < -0.4 is 4.72 Å². The predicted molar refractivity (Wildman–Crippen MR) is 71.2 cm³/mol. The van der Waals surface area contributed by atoms with Gasteiger partial charge in [0.1, 0.15) is 10.0 Å². The summed E-state index contributed by atoms with van der Waals surface area (Å²) in [5.41, 5.74) is -0.197. The summed E-state index contributed by atoms with van der Waals surface area (Å²) in [7, 11) is -3.97. The second-order valence-electron chi connectivity index (χ2n) is 4.09. The summed E-state index contributed by atoms with van der Waals surface area (Å²) >= 11 is 0.971. The standard InChI is InChI=1S/C12H10F3NO2S2/c1-7-4-11(19-6-7)20(17,18)16-10-5-8(12(14)15)2-3-9(10)13/h2-6,12,16H,1H3. The SMILES string of the molecule is Cc1csc(S(=O)(=O)Nc2cc(C(F)F)ccc2F)c1. The Morgan fingerprint density at radius 2 is 1.95 bits per heavy atom. The van der Waals surface area contributed by atoms with Crippen LogP contribution in [-0.4, -0.2) is 8.42 Å². The Morgan fingerprint density at radius 1 is 1.25 bits per heavy atom. The highest BCUT2D eigenvalue weighted by Crippen LogP contribution is 2.27. The molecule has 0 unspecified atom stereocenters. The first-order valence-corrected chi connectivity index (χ1v) is 7.81. The fourth-order valence-electron chi connectivity index (χ4n) is 1.50. The average molecular weight is 321 g/mol. The first-order valence-electron chi connectivity index (χ1n) is 5.45. The number of halogens is 3. The van der Waals surface area contributed by atoms with E-state index in [1.54, 1.807) is 12.3 Å². The van der Waals surface area contributed by atoms with Crippen LogP contribution in [0.5, 0.6) is 0 Å². The maximum Gasteiger partial charge on any atom is 0.271 e. The number of benzene rings is 1. The molecule has 8 heteroatoms. The van der Waals surface area contributed by atoms with Crippen LogP contribution >= 0.6 is 11.3 Å². The quantitative estimate of drug-likeness (QED) is 0.927. The molecule has 0 spiro atoms. The topological polar surface area (TPSA) is 46.2 Å². The number of alkyl halides is 2. The van der Waals surface area contributed by atoms with Crippen LogP contribution in [0.2, 0.25) is 0 Å². The summed E-state index contributed by atoms with van der Waals surface area (Å²) in [4.78, 5) is 0. The van der Waals surface area contributed by atoms with E-state index in [0.29, 0.717) is 0 Å². The molecule has 1 heterocycles. The minimum atomic E-state index is -3.97. The van der Waals surface area contributed by atoms with Crippen molar-refractivity contribution in [1.29, 1.82) is 0 Å². The van der Waals surface area contributed by atoms with E-state index in [9.17, 15) is 21.6 Å². The highest BCUT2D eigenvalue weighted by molar-refractivity contribution is 7.94. The Bertz CT molecular complexity index is 726. The van der Waals surface area contributed by atoms with Gasteiger partial charge in [0.05, 0.1) is 5.69 Å². The smallest absolute Gasteiger partial charge is 0.271 e. The Balaban J connectivity index is 2.36. The van der Waals surface area contributed by atoms with Crippen LogP contribution in [0.1, 0.15) is 17.6 Å². The summed E-state index contributed by atoms with van der Waals surface area (Å²) in [6.45, 7) is 1.72. The molecule has 0 radical (unpaired) electrons. The number of hydrogen-bond donors (Lipinski definition) is 1. The fraction of sp³-hybridized carbons (Fsp3) is 0.167. The molecule has 2 aromatic rings. The molecule has 0 saturated carbocycles. The largest absolute Gasteiger partial charge is 0.276 e. The van der Waals surface area contributed by atoms with E-state index < -0.39 is 33.5 Å². The summed E-state index contributed by atoms with van der Waals surface area (Å²) in [6.07, 6.45) is -2.80. The van der Waals surface area contributed by atoms with Gasteiger partial charge in [-0.05, 0) is 36.1 Å². The first-order chi connectivity index (χ1) is 9.29. The van der Waals surface area contributed by atoms with E-state index in [-0.39, 0.29) is 4.21 Å². The zero-order chi connectivity index (χ0) is 14.9. The van der Waals surface area contributed by atoms with Gasteiger partial charge in [0, 0.05) is 5.56 Å². The van der Waals surface area contributed by atoms with Crippen molar-refractivity contribution in [2.24, 2.45) is 0 Å². The molecule has 2 rings (SSSR count). The first kappa shape index (κ1) is 14.9. The van der Waals surface area contributed by atoms with Gasteiger partial charge in [-0.3, -0.25) is 4.72 Å². The van der Waals surface area contributed by atoms with Crippen LogP contribution in [0.3, 0.4) is 0 Å². The Morgan fingerprint density at radius 3 is 2.50 bits per heavy atom. The van der Waals surface area contributed by atoms with E-state index in [2.05, 4.69) is 0 Å². The summed E-state index contributed by atoms with van der Waals surface area (Å²) in [5, 5.41) is 1.63. The number of hydrogen-bond acceptors (Lipinski definition) is 3. The number of rotatable bonds is 4. The van der Waals surface area contributed by atoms with Crippen molar-refractivity contribution in [2.75, 3.05) is 4.72 Å². The third-order valence-corrected chi connectivity index (χ3v) is 5.38. The summed E-state index contributed by atoms with van der Waals surface area (Å²) < 4.78 is 64.6. The van der Waals surface area contributed by atoms with Crippen molar-refractivity contribution >= 4 is 27.0 Å². The molecule has 0 atom stereocenters. The molecule has 0 aliphatic heterocycles. The van der Waals surface area contributed by atoms with Crippen molar-refractivity contribution in [3.63, 3.8) is 0 Å². The van der Waals surface area contributed by atoms with Gasteiger partial charge >= 0.3 is 0 Å². The Hall–Kier alpha value is -1.54. The molecule has 108 valence electrons. The van der Waals surface area contributed by atoms with E-state index in [1.807, 2.05) is 4.72 Å². The highest BCUT2D eigenvalue weighted by Gasteiger charge is 2.19. The van der Waals surface area contributed by atoms with Gasteiger partial charge in [-0.1, -0.05) is 6.07 Å². The minimum absolute atomic E-state index is 0.00292. The lowest BCUT2D eigenvalue weighted by atomic mass is 10.2. The maximum atomic E-state index is 13.5. The minimum Gasteiger partial charge on any atom is -0.276 e. The highest BCUT2D eigenvalue weighted by atomic mass is 32.2. The van der Waals surface area contributed by atoms with Crippen molar-refractivity contribution in [3.05, 3.63) is 46.6 Å². The lowest BCUT2D eigenvalue weighted by molar-refractivity contribution is 0.151. The fourth-order valence-corrected chi connectivity index (χ4v) is 3.79.